The molecule has 0 saturated heterocycles. The van der Waals surface area contributed by atoms with E-state index in [2.05, 4.69) is 5.32 Å². The Kier molecular flexibility index (Phi) is 5.33. The molecule has 0 fully saturated rings. The minimum absolute atomic E-state index is 0.00612. The first-order chi connectivity index (χ1) is 11.3. The average molecular weight is 339 g/mol. The van der Waals surface area contributed by atoms with Crippen molar-refractivity contribution in [3.8, 4) is 11.5 Å². The molecule has 0 atom stereocenters. The van der Waals surface area contributed by atoms with Crippen LogP contribution in [0.2, 0.25) is 0 Å². The third-order valence-corrected chi connectivity index (χ3v) is 3.21. The van der Waals surface area contributed by atoms with Gasteiger partial charge < -0.3 is 15.2 Å². The van der Waals surface area contributed by atoms with Gasteiger partial charge in [-0.3, -0.25) is 4.79 Å². The second kappa shape index (κ2) is 7.25. The van der Waals surface area contributed by atoms with E-state index in [1.807, 2.05) is 0 Å². The monoisotopic (exact) mass is 339 g/mol. The van der Waals surface area contributed by atoms with Crippen LogP contribution >= 0.6 is 0 Å². The Morgan fingerprint density at radius 2 is 1.96 bits per heavy atom. The number of carbonyl (C=O) groups is 1. The summed E-state index contributed by atoms with van der Waals surface area (Å²) in [6.07, 6.45) is -4.53. The molecule has 0 unspecified atom stereocenters. The predicted molar refractivity (Wildman–Crippen MR) is 81.9 cm³/mol. The first-order valence-corrected chi connectivity index (χ1v) is 7.21. The molecule has 0 radical (unpaired) electrons. The standard InChI is InChI=1S/C17H16F3NO3/c1-2-21-16(23)12-5-3-4-11(8-12)10-24-15-7-6-13(9-14(15)22)17(18,19)20/h3-9,22H,2,10H2,1H3,(H,21,23). The maximum Gasteiger partial charge on any atom is 0.416 e. The highest BCUT2D eigenvalue weighted by atomic mass is 19.4. The summed E-state index contributed by atoms with van der Waals surface area (Å²) in [6, 6.07) is 9.16. The number of carbonyl (C=O) groups excluding carboxylic acids is 1. The number of nitrogens with one attached hydrogen (secondary N) is 1. The molecule has 2 aromatic rings. The van der Waals surface area contributed by atoms with Gasteiger partial charge >= 0.3 is 6.18 Å². The lowest BCUT2D eigenvalue weighted by molar-refractivity contribution is -0.137. The van der Waals surface area contributed by atoms with E-state index in [1.165, 1.54) is 0 Å². The van der Waals surface area contributed by atoms with Gasteiger partial charge in [0.05, 0.1) is 5.56 Å². The second-order valence-corrected chi connectivity index (χ2v) is 5.03. The minimum Gasteiger partial charge on any atom is -0.504 e. The molecular formula is C17H16F3NO3. The van der Waals surface area contributed by atoms with E-state index >= 15 is 0 Å². The lowest BCUT2D eigenvalue weighted by Crippen LogP contribution is -2.22. The number of rotatable bonds is 5. The van der Waals surface area contributed by atoms with Crippen molar-refractivity contribution in [2.24, 2.45) is 0 Å². The van der Waals surface area contributed by atoms with Crippen LogP contribution in [0.4, 0.5) is 13.2 Å². The molecule has 128 valence electrons. The molecule has 7 heteroatoms. The molecule has 24 heavy (non-hydrogen) atoms. The lowest BCUT2D eigenvalue weighted by atomic mass is 10.1. The van der Waals surface area contributed by atoms with Gasteiger partial charge in [-0.05, 0) is 42.8 Å². The maximum absolute atomic E-state index is 12.5. The van der Waals surface area contributed by atoms with Crippen LogP contribution in [0.5, 0.6) is 11.5 Å². The van der Waals surface area contributed by atoms with Crippen molar-refractivity contribution < 1.29 is 27.8 Å². The molecule has 2 aromatic carbocycles. The molecule has 2 N–H and O–H groups in total. The van der Waals surface area contributed by atoms with Crippen LogP contribution in [0.3, 0.4) is 0 Å². The molecular weight excluding hydrogens is 323 g/mol. The molecule has 0 aliphatic rings. The smallest absolute Gasteiger partial charge is 0.416 e. The summed E-state index contributed by atoms with van der Waals surface area (Å²) in [5, 5.41) is 12.3. The summed E-state index contributed by atoms with van der Waals surface area (Å²) in [5.74, 6) is -0.882. The highest BCUT2D eigenvalue weighted by Gasteiger charge is 2.31. The first kappa shape index (κ1) is 17.7. The number of alkyl halides is 3. The molecule has 0 aliphatic heterocycles. The summed E-state index contributed by atoms with van der Waals surface area (Å²) in [4.78, 5) is 11.8. The second-order valence-electron chi connectivity index (χ2n) is 5.03. The number of halogens is 3. The Balaban J connectivity index is 2.08. The summed E-state index contributed by atoms with van der Waals surface area (Å²) < 4.78 is 43.0. The number of hydrogen-bond acceptors (Lipinski definition) is 3. The van der Waals surface area contributed by atoms with Gasteiger partial charge in [0, 0.05) is 12.1 Å². The van der Waals surface area contributed by atoms with Crippen LogP contribution in [0.15, 0.2) is 42.5 Å². The van der Waals surface area contributed by atoms with E-state index in [0.717, 1.165) is 12.1 Å². The Labute approximate surface area is 136 Å². The summed E-state index contributed by atoms with van der Waals surface area (Å²) in [5.41, 5.74) is 0.151. The minimum atomic E-state index is -4.53. The van der Waals surface area contributed by atoms with Crippen molar-refractivity contribution in [2.45, 2.75) is 19.7 Å². The lowest BCUT2D eigenvalue weighted by Gasteiger charge is -2.12. The first-order valence-electron chi connectivity index (χ1n) is 7.21. The Hall–Kier alpha value is -2.70. The highest BCUT2D eigenvalue weighted by Crippen LogP contribution is 2.35. The van der Waals surface area contributed by atoms with E-state index in [-0.39, 0.29) is 18.3 Å². The van der Waals surface area contributed by atoms with Crippen molar-refractivity contribution in [3.05, 3.63) is 59.2 Å². The van der Waals surface area contributed by atoms with E-state index in [9.17, 15) is 23.1 Å². The van der Waals surface area contributed by atoms with Gasteiger partial charge in [0.1, 0.15) is 6.61 Å². The zero-order valence-corrected chi connectivity index (χ0v) is 12.9. The van der Waals surface area contributed by atoms with Gasteiger partial charge in [-0.25, -0.2) is 0 Å². The van der Waals surface area contributed by atoms with Crippen LogP contribution in [0, 0.1) is 0 Å². The van der Waals surface area contributed by atoms with Gasteiger partial charge in [-0.1, -0.05) is 12.1 Å². The Morgan fingerprint density at radius 3 is 2.58 bits per heavy atom. The van der Waals surface area contributed by atoms with Crippen LogP contribution in [0.1, 0.15) is 28.4 Å². The van der Waals surface area contributed by atoms with Crippen molar-refractivity contribution in [3.63, 3.8) is 0 Å². The number of benzene rings is 2. The van der Waals surface area contributed by atoms with E-state index < -0.39 is 17.5 Å². The number of phenols is 1. The van der Waals surface area contributed by atoms with Gasteiger partial charge in [-0.2, -0.15) is 13.2 Å². The van der Waals surface area contributed by atoms with Gasteiger partial charge in [0.2, 0.25) is 0 Å². The fourth-order valence-electron chi connectivity index (χ4n) is 2.04. The third kappa shape index (κ3) is 4.41. The zero-order chi connectivity index (χ0) is 17.7. The maximum atomic E-state index is 12.5. The fourth-order valence-corrected chi connectivity index (χ4v) is 2.04. The summed E-state index contributed by atoms with van der Waals surface area (Å²) >= 11 is 0. The molecule has 2 rings (SSSR count). The molecule has 0 spiro atoms. The number of hydrogen-bond donors (Lipinski definition) is 2. The van der Waals surface area contributed by atoms with Crippen molar-refractivity contribution in [1.29, 1.82) is 0 Å². The number of amides is 1. The largest absolute Gasteiger partial charge is 0.504 e. The number of aromatic hydroxyl groups is 1. The van der Waals surface area contributed by atoms with Crippen LogP contribution in [-0.2, 0) is 12.8 Å². The quantitative estimate of drug-likeness (QED) is 0.872. The molecule has 0 aromatic heterocycles. The molecule has 0 heterocycles. The number of phenolic OH excluding ortho intramolecular Hbond substituents is 1. The molecule has 1 amide bonds. The topological polar surface area (TPSA) is 58.6 Å². The average Bonchev–Trinajstić information content (AvgIpc) is 2.53. The molecule has 0 saturated carbocycles. The van der Waals surface area contributed by atoms with Crippen molar-refractivity contribution in [2.75, 3.05) is 6.54 Å². The Bertz CT molecular complexity index is 729. The SMILES string of the molecule is CCNC(=O)c1cccc(COc2ccc(C(F)(F)F)cc2O)c1. The predicted octanol–water partition coefficient (Wildman–Crippen LogP) is 3.74. The van der Waals surface area contributed by atoms with E-state index in [0.29, 0.717) is 23.7 Å². The molecule has 4 nitrogen and oxygen atoms in total. The summed E-state index contributed by atoms with van der Waals surface area (Å²) in [7, 11) is 0. The molecule has 0 bridgehead atoms. The normalized spacial score (nSPS) is 11.2. The van der Waals surface area contributed by atoms with Crippen LogP contribution in [0.25, 0.3) is 0 Å². The third-order valence-electron chi connectivity index (χ3n) is 3.21. The molecule has 0 aliphatic carbocycles. The van der Waals surface area contributed by atoms with Crippen molar-refractivity contribution >= 4 is 5.91 Å². The van der Waals surface area contributed by atoms with Crippen molar-refractivity contribution in [1.82, 2.24) is 5.32 Å². The fraction of sp³-hybridized carbons (Fsp3) is 0.235. The van der Waals surface area contributed by atoms with Gasteiger partial charge in [0.15, 0.2) is 11.5 Å². The van der Waals surface area contributed by atoms with E-state index in [4.69, 9.17) is 4.74 Å². The van der Waals surface area contributed by atoms with Gasteiger partial charge in [0.25, 0.3) is 5.91 Å². The zero-order valence-electron chi connectivity index (χ0n) is 12.9. The van der Waals surface area contributed by atoms with Gasteiger partial charge in [-0.15, -0.1) is 0 Å². The highest BCUT2D eigenvalue weighted by molar-refractivity contribution is 5.94. The Morgan fingerprint density at radius 1 is 1.21 bits per heavy atom. The van der Waals surface area contributed by atoms with Crippen LogP contribution < -0.4 is 10.1 Å². The van der Waals surface area contributed by atoms with E-state index in [1.54, 1.807) is 31.2 Å². The van der Waals surface area contributed by atoms with Crippen LogP contribution in [-0.4, -0.2) is 17.6 Å². The number of ether oxygens (including phenoxy) is 1. The summed E-state index contributed by atoms with van der Waals surface area (Å²) in [6.45, 7) is 2.31.